The van der Waals surface area contributed by atoms with Crippen LogP contribution in [0.1, 0.15) is 39.0 Å². The summed E-state index contributed by atoms with van der Waals surface area (Å²) in [6.45, 7) is 0.756. The third kappa shape index (κ3) is 4.59. The SMILES string of the molecule is [2H]C1(C[C@H](N)C(=O)N2CCC[C@H]2C(=O)NCc2cc(Cl)ccc2-n2ccnn2)CC1. The van der Waals surface area contributed by atoms with Crippen molar-refractivity contribution >= 4 is 23.4 Å². The highest BCUT2D eigenvalue weighted by atomic mass is 35.5. The van der Waals surface area contributed by atoms with Crippen LogP contribution >= 0.6 is 11.6 Å². The van der Waals surface area contributed by atoms with Crippen LogP contribution in [0.25, 0.3) is 5.69 Å². The summed E-state index contributed by atoms with van der Waals surface area (Å²) in [6, 6.07) is 4.07. The molecule has 8 nitrogen and oxygen atoms in total. The molecule has 2 fully saturated rings. The second-order valence-corrected chi connectivity index (χ2v) is 8.03. The van der Waals surface area contributed by atoms with Crippen molar-refractivity contribution in [2.45, 2.75) is 50.7 Å². The third-order valence-corrected chi connectivity index (χ3v) is 5.67. The predicted molar refractivity (Wildman–Crippen MR) is 108 cm³/mol. The number of aromatic nitrogens is 3. The largest absolute Gasteiger partial charge is 0.350 e. The fourth-order valence-electron chi connectivity index (χ4n) is 3.76. The molecule has 0 bridgehead atoms. The molecule has 2 atom stereocenters. The molecule has 1 saturated carbocycles. The Kier molecular flexibility index (Phi) is 5.45. The Bertz CT molecular complexity index is 933. The van der Waals surface area contributed by atoms with Gasteiger partial charge in [-0.05, 0) is 48.9 Å². The Morgan fingerprint density at radius 3 is 2.93 bits per heavy atom. The molecule has 2 aliphatic rings. The molecule has 2 heterocycles. The molecule has 0 radical (unpaired) electrons. The van der Waals surface area contributed by atoms with Gasteiger partial charge in [0, 0.05) is 19.5 Å². The molecule has 29 heavy (non-hydrogen) atoms. The van der Waals surface area contributed by atoms with E-state index in [0.717, 1.165) is 30.5 Å². The number of rotatable bonds is 7. The lowest BCUT2D eigenvalue weighted by molar-refractivity contribution is -0.139. The summed E-state index contributed by atoms with van der Waals surface area (Å²) in [6.07, 6.45) is 6.56. The van der Waals surface area contributed by atoms with Crippen molar-refractivity contribution in [3.8, 4) is 5.69 Å². The van der Waals surface area contributed by atoms with Gasteiger partial charge in [0.05, 0.1) is 24.1 Å². The van der Waals surface area contributed by atoms with Gasteiger partial charge in [-0.1, -0.05) is 29.7 Å². The zero-order valence-electron chi connectivity index (χ0n) is 17.1. The number of likely N-dealkylation sites (tertiary alicyclic amines) is 1. The Hall–Kier alpha value is -2.45. The van der Waals surface area contributed by atoms with Crippen molar-refractivity contribution in [3.05, 3.63) is 41.2 Å². The number of hydrogen-bond donors (Lipinski definition) is 2. The maximum atomic E-state index is 12.9. The first-order valence-electron chi connectivity index (χ1n) is 10.4. The zero-order valence-corrected chi connectivity index (χ0v) is 16.8. The van der Waals surface area contributed by atoms with Gasteiger partial charge in [0.15, 0.2) is 0 Å². The molecule has 4 rings (SSSR count). The van der Waals surface area contributed by atoms with E-state index in [1.807, 2.05) is 6.07 Å². The fraction of sp³-hybridized carbons (Fsp3) is 0.500. The van der Waals surface area contributed by atoms with E-state index in [4.69, 9.17) is 18.7 Å². The molecule has 1 aliphatic heterocycles. The Morgan fingerprint density at radius 1 is 1.38 bits per heavy atom. The highest BCUT2D eigenvalue weighted by Gasteiger charge is 2.37. The van der Waals surface area contributed by atoms with Gasteiger partial charge in [0.2, 0.25) is 11.8 Å². The lowest BCUT2D eigenvalue weighted by Gasteiger charge is -2.27. The van der Waals surface area contributed by atoms with Crippen LogP contribution in [0.4, 0.5) is 0 Å². The van der Waals surface area contributed by atoms with Crippen LogP contribution in [-0.4, -0.2) is 50.3 Å². The van der Waals surface area contributed by atoms with Crippen molar-refractivity contribution in [2.24, 2.45) is 11.6 Å². The summed E-state index contributed by atoms with van der Waals surface area (Å²) in [4.78, 5) is 27.3. The van der Waals surface area contributed by atoms with E-state index in [0.29, 0.717) is 24.4 Å². The first-order valence-corrected chi connectivity index (χ1v) is 10.2. The number of nitrogens with two attached hydrogens (primary N) is 1. The minimum atomic E-state index is -0.731. The van der Waals surface area contributed by atoms with Gasteiger partial charge in [-0.3, -0.25) is 9.59 Å². The number of amides is 2. The maximum Gasteiger partial charge on any atom is 0.243 e. The average Bonchev–Trinajstić information content (AvgIpc) is 3.15. The first-order chi connectivity index (χ1) is 14.4. The molecule has 154 valence electrons. The number of hydrogen-bond acceptors (Lipinski definition) is 5. The summed E-state index contributed by atoms with van der Waals surface area (Å²) in [5.74, 6) is -1.02. The van der Waals surface area contributed by atoms with E-state index in [9.17, 15) is 9.59 Å². The van der Waals surface area contributed by atoms with Gasteiger partial charge in [0.25, 0.3) is 0 Å². The van der Waals surface area contributed by atoms with Gasteiger partial charge in [-0.25, -0.2) is 4.68 Å². The third-order valence-electron chi connectivity index (χ3n) is 5.43. The summed E-state index contributed by atoms with van der Waals surface area (Å²) in [7, 11) is 0. The molecular formula is C20H25ClN6O2. The molecule has 1 saturated heterocycles. The lowest BCUT2D eigenvalue weighted by atomic mass is 10.1. The van der Waals surface area contributed by atoms with Crippen LogP contribution in [0.5, 0.6) is 0 Å². The number of carbonyl (C=O) groups excluding carboxylic acids is 2. The highest BCUT2D eigenvalue weighted by Crippen LogP contribution is 2.33. The van der Waals surface area contributed by atoms with Crippen molar-refractivity contribution in [2.75, 3.05) is 6.54 Å². The minimum absolute atomic E-state index is 0.218. The van der Waals surface area contributed by atoms with Crippen LogP contribution in [-0.2, 0) is 16.1 Å². The lowest BCUT2D eigenvalue weighted by Crippen LogP contribution is -2.51. The Balaban J connectivity index is 1.41. The second-order valence-electron chi connectivity index (χ2n) is 7.59. The molecule has 3 N–H and O–H groups in total. The van der Waals surface area contributed by atoms with Crippen LogP contribution in [0.3, 0.4) is 0 Å². The van der Waals surface area contributed by atoms with E-state index in [2.05, 4.69) is 15.6 Å². The molecule has 1 aromatic heterocycles. The first kappa shape index (κ1) is 18.6. The van der Waals surface area contributed by atoms with E-state index >= 15 is 0 Å². The minimum Gasteiger partial charge on any atom is -0.350 e. The summed E-state index contributed by atoms with van der Waals surface area (Å²) in [5, 5.41) is 11.3. The number of halogens is 1. The van der Waals surface area contributed by atoms with Gasteiger partial charge in [-0.2, -0.15) is 0 Å². The van der Waals surface area contributed by atoms with Gasteiger partial charge < -0.3 is 16.0 Å². The van der Waals surface area contributed by atoms with Crippen molar-refractivity contribution in [1.29, 1.82) is 0 Å². The molecule has 9 heteroatoms. The van der Waals surface area contributed by atoms with E-state index in [1.54, 1.807) is 34.1 Å². The smallest absolute Gasteiger partial charge is 0.243 e. The number of nitrogens with one attached hydrogen (secondary N) is 1. The molecule has 0 unspecified atom stereocenters. The summed E-state index contributed by atoms with van der Waals surface area (Å²) in [5.41, 5.74) is 7.63. The average molecular weight is 418 g/mol. The number of nitrogens with zero attached hydrogens (tertiary/aromatic N) is 4. The second kappa shape index (κ2) is 8.51. The molecule has 2 aromatic rings. The molecule has 2 amide bonds. The Morgan fingerprint density at radius 2 is 2.21 bits per heavy atom. The van der Waals surface area contributed by atoms with Gasteiger partial charge in [-0.15, -0.1) is 5.10 Å². The molecule has 0 spiro atoms. The van der Waals surface area contributed by atoms with Gasteiger partial charge >= 0.3 is 0 Å². The summed E-state index contributed by atoms with van der Waals surface area (Å²) >= 11 is 6.14. The van der Waals surface area contributed by atoms with Crippen LogP contribution in [0, 0.1) is 5.89 Å². The molecule has 1 aromatic carbocycles. The molecular weight excluding hydrogens is 392 g/mol. The van der Waals surface area contributed by atoms with Crippen molar-refractivity contribution in [1.82, 2.24) is 25.2 Å². The van der Waals surface area contributed by atoms with Gasteiger partial charge in [0.1, 0.15) is 6.04 Å². The van der Waals surface area contributed by atoms with Crippen LogP contribution < -0.4 is 11.1 Å². The Labute approximate surface area is 175 Å². The monoisotopic (exact) mass is 417 g/mol. The topological polar surface area (TPSA) is 106 Å². The van der Waals surface area contributed by atoms with Crippen LogP contribution in [0.2, 0.25) is 5.02 Å². The standard InChI is InChI=1S/C20H25ClN6O2/c21-15-5-6-17(27-9-7-24-25-27)14(11-15)12-23-19(28)18-2-1-8-26(18)20(29)16(22)10-13-3-4-13/h5-7,9,11,13,16,18H,1-4,8,10,12,22H2,(H,23,28)/t16-,18-/m0/s1/i13D. The summed E-state index contributed by atoms with van der Waals surface area (Å²) < 4.78 is 9.69. The number of carbonyl (C=O) groups is 2. The highest BCUT2D eigenvalue weighted by molar-refractivity contribution is 6.30. The normalized spacial score (nSPS) is 21.5. The molecule has 1 aliphatic carbocycles. The van der Waals surface area contributed by atoms with E-state index in [-0.39, 0.29) is 18.4 Å². The van der Waals surface area contributed by atoms with Crippen LogP contribution in [0.15, 0.2) is 30.6 Å². The fourth-order valence-corrected chi connectivity index (χ4v) is 3.96. The van der Waals surface area contributed by atoms with Crippen molar-refractivity contribution < 1.29 is 11.0 Å². The zero-order chi connectivity index (χ0) is 21.3. The quantitative estimate of drug-likeness (QED) is 0.712. The van der Waals surface area contributed by atoms with Crippen molar-refractivity contribution in [3.63, 3.8) is 0 Å². The predicted octanol–water partition coefficient (Wildman–Crippen LogP) is 1.66. The maximum absolute atomic E-state index is 12.9. The van der Waals surface area contributed by atoms with E-state index in [1.165, 1.54) is 0 Å². The number of benzene rings is 1. The van der Waals surface area contributed by atoms with E-state index < -0.39 is 18.0 Å².